The van der Waals surface area contributed by atoms with Gasteiger partial charge in [0.2, 0.25) is 0 Å². The van der Waals surface area contributed by atoms with Gasteiger partial charge >= 0.3 is 23.5 Å². The summed E-state index contributed by atoms with van der Waals surface area (Å²) in [4.78, 5) is 52.4. The topological polar surface area (TPSA) is 241 Å². The number of hydrogen-bond donors (Lipinski definition) is 8. The Morgan fingerprint density at radius 1 is 0.696 bits per heavy atom. The normalized spacial score (nSPS) is 33.7. The molecular formula is C6H15O14P3. The highest BCUT2D eigenvalue weighted by molar-refractivity contribution is 7.46. The summed E-state index contributed by atoms with van der Waals surface area (Å²) in [6, 6.07) is 0. The minimum absolute atomic E-state index is 0.808. The Morgan fingerprint density at radius 2 is 1.09 bits per heavy atom. The summed E-state index contributed by atoms with van der Waals surface area (Å²) in [5.41, 5.74) is 0. The second-order valence-corrected chi connectivity index (χ2v) is 8.13. The molecule has 1 saturated carbocycles. The number of aliphatic hydroxyl groups is 2. The van der Waals surface area contributed by atoms with Crippen LogP contribution in [0.4, 0.5) is 0 Å². The van der Waals surface area contributed by atoms with E-state index in [-0.39, 0.29) is 0 Å². The van der Waals surface area contributed by atoms with Crippen LogP contribution in [0, 0.1) is 0 Å². The zero-order valence-electron chi connectivity index (χ0n) is 11.0. The molecule has 8 N–H and O–H groups in total. The van der Waals surface area contributed by atoms with E-state index in [4.69, 9.17) is 29.4 Å². The fourth-order valence-electron chi connectivity index (χ4n) is 2.00. The summed E-state index contributed by atoms with van der Waals surface area (Å²) in [6.07, 6.45) is -11.1. The zero-order chi connectivity index (χ0) is 18.2. The molecule has 0 amide bonds. The molecule has 1 fully saturated rings. The van der Waals surface area contributed by atoms with Crippen LogP contribution in [-0.4, -0.2) is 70.1 Å². The molecule has 1 aliphatic rings. The van der Waals surface area contributed by atoms with Crippen molar-refractivity contribution in [2.45, 2.75) is 36.9 Å². The molecule has 14 nitrogen and oxygen atoms in total. The first-order valence-electron chi connectivity index (χ1n) is 5.67. The van der Waals surface area contributed by atoms with E-state index in [1.54, 1.807) is 0 Å². The van der Waals surface area contributed by atoms with Gasteiger partial charge in [-0.3, -0.25) is 13.6 Å². The predicted octanol–water partition coefficient (Wildman–Crippen LogP) is -2.45. The monoisotopic (exact) mass is 404 g/mol. The minimum atomic E-state index is -5.30. The standard InChI is InChI=1S/C6H15O14P3/c7-2-1-3(18-21(9,10)11)6(20-23(15,16)17)4(8)5(2)19-22(12,13)14/h2-8H,1H2,(H2,9,10,11)(H2,12,13,14)(H2,15,16,17)/t2-,3+,4+,5-,6+/m1/s1. The maximum Gasteiger partial charge on any atom is 0.470 e. The maximum atomic E-state index is 10.9. The molecule has 138 valence electrons. The molecule has 0 unspecified atom stereocenters. The van der Waals surface area contributed by atoms with E-state index in [0.717, 1.165) is 0 Å². The van der Waals surface area contributed by atoms with Crippen LogP contribution < -0.4 is 0 Å². The van der Waals surface area contributed by atoms with E-state index in [1.807, 2.05) is 0 Å². The highest BCUT2D eigenvalue weighted by Gasteiger charge is 2.51. The summed E-state index contributed by atoms with van der Waals surface area (Å²) in [7, 11) is -15.7. The average Bonchev–Trinajstić information content (AvgIpc) is 2.25. The van der Waals surface area contributed by atoms with Crippen LogP contribution in [0.3, 0.4) is 0 Å². The Bertz CT molecular complexity index is 545. The van der Waals surface area contributed by atoms with Gasteiger partial charge in [-0.2, -0.15) is 0 Å². The number of aliphatic hydroxyl groups excluding tert-OH is 2. The third kappa shape index (κ3) is 7.34. The highest BCUT2D eigenvalue weighted by Crippen LogP contribution is 2.49. The zero-order valence-corrected chi connectivity index (χ0v) is 13.6. The van der Waals surface area contributed by atoms with Gasteiger partial charge in [-0.1, -0.05) is 0 Å². The van der Waals surface area contributed by atoms with E-state index >= 15 is 0 Å². The highest BCUT2D eigenvalue weighted by atomic mass is 31.2. The van der Waals surface area contributed by atoms with E-state index in [0.29, 0.717) is 0 Å². The Morgan fingerprint density at radius 3 is 1.48 bits per heavy atom. The molecule has 1 aliphatic carbocycles. The van der Waals surface area contributed by atoms with Gasteiger partial charge in [0.05, 0.1) is 6.10 Å². The SMILES string of the molecule is O=P(O)(O)O[C@@H]1[C@@H](O)[C@H](OP(=O)(O)O)[C@H](O)C[C@@H]1OP(=O)(O)O. The lowest BCUT2D eigenvalue weighted by atomic mass is 9.87. The van der Waals surface area contributed by atoms with Crippen LogP contribution in [0.5, 0.6) is 0 Å². The van der Waals surface area contributed by atoms with Crippen LogP contribution in [0.25, 0.3) is 0 Å². The summed E-state index contributed by atoms with van der Waals surface area (Å²) in [6.45, 7) is 0. The molecule has 5 atom stereocenters. The number of phosphoric ester groups is 3. The van der Waals surface area contributed by atoms with Gasteiger partial charge in [-0.25, -0.2) is 13.7 Å². The maximum absolute atomic E-state index is 10.9. The Kier molecular flexibility index (Phi) is 6.70. The van der Waals surface area contributed by atoms with Gasteiger partial charge in [0.25, 0.3) is 0 Å². The molecule has 0 aromatic carbocycles. The number of rotatable bonds is 6. The lowest BCUT2D eigenvalue weighted by Gasteiger charge is -2.41. The van der Waals surface area contributed by atoms with Crippen molar-refractivity contribution in [1.82, 2.24) is 0 Å². The molecule has 0 aliphatic heterocycles. The molecular weight excluding hydrogens is 389 g/mol. The van der Waals surface area contributed by atoms with Crippen molar-refractivity contribution in [3.8, 4) is 0 Å². The lowest BCUT2D eigenvalue weighted by Crippen LogP contribution is -2.57. The van der Waals surface area contributed by atoms with E-state index < -0.39 is 60.4 Å². The third-order valence-corrected chi connectivity index (χ3v) is 4.26. The van der Waals surface area contributed by atoms with Crippen molar-refractivity contribution in [3.63, 3.8) is 0 Å². The number of hydrogen-bond acceptors (Lipinski definition) is 8. The second kappa shape index (κ2) is 7.24. The Hall–Kier alpha value is 0.250. The molecule has 1 rings (SSSR count). The molecule has 0 bridgehead atoms. The minimum Gasteiger partial charge on any atom is -0.390 e. The third-order valence-electron chi connectivity index (χ3n) is 2.68. The first-order chi connectivity index (χ1) is 10.1. The molecule has 0 radical (unpaired) electrons. The fraction of sp³-hybridized carbons (Fsp3) is 1.00. The smallest absolute Gasteiger partial charge is 0.390 e. The second-order valence-electron chi connectivity index (χ2n) is 4.55. The van der Waals surface area contributed by atoms with Crippen molar-refractivity contribution >= 4 is 23.5 Å². The van der Waals surface area contributed by atoms with Crippen molar-refractivity contribution in [1.29, 1.82) is 0 Å². The van der Waals surface area contributed by atoms with Crippen LogP contribution in [0.2, 0.25) is 0 Å². The molecule has 23 heavy (non-hydrogen) atoms. The Balaban J connectivity index is 3.09. The van der Waals surface area contributed by atoms with Gasteiger partial charge in [0, 0.05) is 6.42 Å². The molecule has 0 heterocycles. The first kappa shape index (κ1) is 21.3. The van der Waals surface area contributed by atoms with Crippen molar-refractivity contribution in [2.75, 3.05) is 0 Å². The lowest BCUT2D eigenvalue weighted by molar-refractivity contribution is -0.165. The van der Waals surface area contributed by atoms with Crippen LogP contribution in [-0.2, 0) is 27.3 Å². The summed E-state index contributed by atoms with van der Waals surface area (Å²) >= 11 is 0. The van der Waals surface area contributed by atoms with Gasteiger partial charge < -0.3 is 39.6 Å². The van der Waals surface area contributed by atoms with Gasteiger partial charge in [-0.15, -0.1) is 0 Å². The molecule has 17 heteroatoms. The van der Waals surface area contributed by atoms with Crippen molar-refractivity contribution in [3.05, 3.63) is 0 Å². The summed E-state index contributed by atoms with van der Waals surface area (Å²) < 4.78 is 45.0. The summed E-state index contributed by atoms with van der Waals surface area (Å²) in [5, 5.41) is 19.5. The quantitative estimate of drug-likeness (QED) is 0.214. The first-order valence-corrected chi connectivity index (χ1v) is 10.3. The van der Waals surface area contributed by atoms with Crippen LogP contribution in [0.15, 0.2) is 0 Å². The fourth-order valence-corrected chi connectivity index (χ4v) is 3.72. The van der Waals surface area contributed by atoms with Gasteiger partial charge in [0.1, 0.15) is 24.4 Å². The van der Waals surface area contributed by atoms with Crippen molar-refractivity contribution < 1.29 is 66.8 Å². The Labute approximate surface area is 128 Å². The van der Waals surface area contributed by atoms with Gasteiger partial charge in [0.15, 0.2) is 0 Å². The van der Waals surface area contributed by atoms with E-state index in [1.165, 1.54) is 0 Å². The van der Waals surface area contributed by atoms with E-state index in [9.17, 15) is 23.9 Å². The van der Waals surface area contributed by atoms with Crippen LogP contribution in [0.1, 0.15) is 6.42 Å². The molecule has 0 spiro atoms. The molecule has 0 aromatic rings. The molecule has 0 aromatic heterocycles. The van der Waals surface area contributed by atoms with Gasteiger partial charge in [-0.05, 0) is 0 Å². The van der Waals surface area contributed by atoms with Crippen LogP contribution >= 0.6 is 23.5 Å². The van der Waals surface area contributed by atoms with Crippen molar-refractivity contribution in [2.24, 2.45) is 0 Å². The number of phosphoric acid groups is 3. The van der Waals surface area contributed by atoms with E-state index in [2.05, 4.69) is 13.6 Å². The summed E-state index contributed by atoms with van der Waals surface area (Å²) in [5.74, 6) is 0. The predicted molar refractivity (Wildman–Crippen MR) is 67.4 cm³/mol. The molecule has 0 saturated heterocycles. The average molecular weight is 404 g/mol. The largest absolute Gasteiger partial charge is 0.470 e.